The van der Waals surface area contributed by atoms with Crippen molar-refractivity contribution in [3.8, 4) is 0 Å². The Morgan fingerprint density at radius 1 is 1.31 bits per heavy atom. The molecule has 1 aliphatic carbocycles. The standard InChI is InChI=1S/C20H23F2N3O/c1-13-6-9-23-16(10-13)11-14(2)25(3)19(26)24-20(7-8-20)17-12-15(21)4-5-18(17)22/h4-6,9-10,12,14H,7-8,11H2,1-3H3,(H,24,26)/t14-/m0/s1. The Hall–Kier alpha value is -2.50. The predicted octanol–water partition coefficient (Wildman–Crippen LogP) is 3.93. The van der Waals surface area contributed by atoms with E-state index in [1.807, 2.05) is 26.0 Å². The molecule has 0 unspecified atom stereocenters. The summed E-state index contributed by atoms with van der Waals surface area (Å²) in [6, 6.07) is 6.89. The summed E-state index contributed by atoms with van der Waals surface area (Å²) >= 11 is 0. The highest BCUT2D eigenvalue weighted by Gasteiger charge is 2.48. The number of hydrogen-bond donors (Lipinski definition) is 1. The molecular weight excluding hydrogens is 336 g/mol. The maximum absolute atomic E-state index is 14.1. The first-order chi connectivity index (χ1) is 12.3. The molecule has 0 spiro atoms. The van der Waals surface area contributed by atoms with Crippen molar-refractivity contribution in [2.24, 2.45) is 0 Å². The summed E-state index contributed by atoms with van der Waals surface area (Å²) in [5, 5.41) is 2.89. The number of pyridine rings is 1. The Bertz CT molecular complexity index is 820. The number of hydrogen-bond acceptors (Lipinski definition) is 2. The van der Waals surface area contributed by atoms with Crippen LogP contribution in [0, 0.1) is 18.6 Å². The van der Waals surface area contributed by atoms with Crippen molar-refractivity contribution < 1.29 is 13.6 Å². The van der Waals surface area contributed by atoms with Crippen LogP contribution < -0.4 is 5.32 Å². The molecule has 1 fully saturated rings. The average molecular weight is 359 g/mol. The minimum atomic E-state index is -0.807. The number of halogens is 2. The van der Waals surface area contributed by atoms with Gasteiger partial charge in [0.2, 0.25) is 0 Å². The smallest absolute Gasteiger partial charge is 0.318 e. The van der Waals surface area contributed by atoms with Crippen LogP contribution in [0.15, 0.2) is 36.5 Å². The lowest BCUT2D eigenvalue weighted by molar-refractivity contribution is 0.187. The summed E-state index contributed by atoms with van der Waals surface area (Å²) in [6.45, 7) is 3.93. The lowest BCUT2D eigenvalue weighted by Gasteiger charge is -2.28. The summed E-state index contributed by atoms with van der Waals surface area (Å²) < 4.78 is 27.6. The molecule has 0 aliphatic heterocycles. The molecule has 26 heavy (non-hydrogen) atoms. The van der Waals surface area contributed by atoms with E-state index in [9.17, 15) is 13.6 Å². The summed E-state index contributed by atoms with van der Waals surface area (Å²) in [5.41, 5.74) is 1.44. The van der Waals surface area contributed by atoms with Crippen molar-refractivity contribution in [2.45, 2.75) is 44.7 Å². The summed E-state index contributed by atoms with van der Waals surface area (Å²) in [5.74, 6) is -1.00. The third-order valence-electron chi connectivity index (χ3n) is 5.00. The number of urea groups is 1. The number of nitrogens with one attached hydrogen (secondary N) is 1. The molecule has 0 saturated heterocycles. The van der Waals surface area contributed by atoms with Gasteiger partial charge in [-0.1, -0.05) is 0 Å². The van der Waals surface area contributed by atoms with E-state index in [2.05, 4.69) is 10.3 Å². The van der Waals surface area contributed by atoms with E-state index in [1.165, 1.54) is 6.07 Å². The molecule has 1 N–H and O–H groups in total. The van der Waals surface area contributed by atoms with E-state index >= 15 is 0 Å². The van der Waals surface area contributed by atoms with Crippen LogP contribution in [0.2, 0.25) is 0 Å². The molecular formula is C20H23F2N3O. The largest absolute Gasteiger partial charge is 0.328 e. The number of carbonyl (C=O) groups is 1. The molecule has 1 aromatic carbocycles. The molecule has 1 saturated carbocycles. The van der Waals surface area contributed by atoms with Crippen molar-refractivity contribution >= 4 is 6.03 Å². The van der Waals surface area contributed by atoms with Crippen molar-refractivity contribution in [3.05, 3.63) is 65.0 Å². The number of amides is 2. The third-order valence-corrected chi connectivity index (χ3v) is 5.00. The highest BCUT2D eigenvalue weighted by molar-refractivity contribution is 5.76. The number of rotatable bonds is 5. The fourth-order valence-electron chi connectivity index (χ4n) is 3.09. The van der Waals surface area contributed by atoms with Crippen LogP contribution in [0.4, 0.5) is 13.6 Å². The van der Waals surface area contributed by atoms with Gasteiger partial charge in [-0.15, -0.1) is 0 Å². The molecule has 138 valence electrons. The maximum Gasteiger partial charge on any atom is 0.318 e. The van der Waals surface area contributed by atoms with Crippen LogP contribution in [-0.4, -0.2) is 29.0 Å². The lowest BCUT2D eigenvalue weighted by Crippen LogP contribution is -2.47. The molecule has 3 rings (SSSR count). The molecule has 6 heteroatoms. The van der Waals surface area contributed by atoms with Gasteiger partial charge in [0, 0.05) is 37.0 Å². The molecule has 1 heterocycles. The van der Waals surface area contributed by atoms with Crippen molar-refractivity contribution in [1.82, 2.24) is 15.2 Å². The normalized spacial score (nSPS) is 16.0. The molecule has 0 radical (unpaired) electrons. The van der Waals surface area contributed by atoms with E-state index in [4.69, 9.17) is 0 Å². The van der Waals surface area contributed by atoms with E-state index < -0.39 is 17.2 Å². The van der Waals surface area contributed by atoms with Crippen LogP contribution in [0.3, 0.4) is 0 Å². The van der Waals surface area contributed by atoms with Gasteiger partial charge in [0.25, 0.3) is 0 Å². The summed E-state index contributed by atoms with van der Waals surface area (Å²) in [4.78, 5) is 18.6. The zero-order valence-corrected chi connectivity index (χ0v) is 15.2. The predicted molar refractivity (Wildman–Crippen MR) is 95.7 cm³/mol. The number of benzene rings is 1. The fraction of sp³-hybridized carbons (Fsp3) is 0.400. The summed E-state index contributed by atoms with van der Waals surface area (Å²) in [7, 11) is 1.70. The molecule has 2 amide bonds. The van der Waals surface area contributed by atoms with Gasteiger partial charge in [-0.3, -0.25) is 4.98 Å². The topological polar surface area (TPSA) is 45.2 Å². The lowest BCUT2D eigenvalue weighted by atomic mass is 10.0. The zero-order valence-electron chi connectivity index (χ0n) is 15.2. The van der Waals surface area contributed by atoms with E-state index in [0.717, 1.165) is 23.4 Å². The van der Waals surface area contributed by atoms with Crippen LogP contribution in [0.5, 0.6) is 0 Å². The Morgan fingerprint density at radius 2 is 2.04 bits per heavy atom. The fourth-order valence-corrected chi connectivity index (χ4v) is 3.09. The zero-order chi connectivity index (χ0) is 18.9. The van der Waals surface area contributed by atoms with Gasteiger partial charge in [-0.2, -0.15) is 0 Å². The van der Waals surface area contributed by atoms with Crippen LogP contribution >= 0.6 is 0 Å². The highest BCUT2D eigenvalue weighted by atomic mass is 19.1. The monoisotopic (exact) mass is 359 g/mol. The minimum Gasteiger partial charge on any atom is -0.328 e. The second-order valence-electron chi connectivity index (χ2n) is 7.13. The molecule has 2 aromatic rings. The van der Waals surface area contributed by atoms with E-state index in [0.29, 0.717) is 19.3 Å². The average Bonchev–Trinajstić information content (AvgIpc) is 3.36. The third kappa shape index (κ3) is 3.84. The Balaban J connectivity index is 1.68. The number of aromatic nitrogens is 1. The van der Waals surface area contributed by atoms with Gasteiger partial charge in [0.05, 0.1) is 5.54 Å². The van der Waals surface area contributed by atoms with Crippen LogP contribution in [0.25, 0.3) is 0 Å². The van der Waals surface area contributed by atoms with Gasteiger partial charge >= 0.3 is 6.03 Å². The second-order valence-corrected chi connectivity index (χ2v) is 7.13. The number of aryl methyl sites for hydroxylation is 1. The second kappa shape index (κ2) is 7.02. The number of nitrogens with zero attached hydrogens (tertiary/aromatic N) is 2. The van der Waals surface area contributed by atoms with E-state index in [-0.39, 0.29) is 17.6 Å². The summed E-state index contributed by atoms with van der Waals surface area (Å²) in [6.07, 6.45) is 3.57. The van der Waals surface area contributed by atoms with Crippen molar-refractivity contribution in [2.75, 3.05) is 7.05 Å². The van der Waals surface area contributed by atoms with Gasteiger partial charge < -0.3 is 10.2 Å². The van der Waals surface area contributed by atoms with Crippen LogP contribution in [-0.2, 0) is 12.0 Å². The highest BCUT2D eigenvalue weighted by Crippen LogP contribution is 2.46. The van der Waals surface area contributed by atoms with Crippen LogP contribution in [0.1, 0.15) is 36.6 Å². The molecule has 1 aromatic heterocycles. The quantitative estimate of drug-likeness (QED) is 0.879. The first-order valence-corrected chi connectivity index (χ1v) is 8.73. The van der Waals surface area contributed by atoms with Gasteiger partial charge in [-0.25, -0.2) is 13.6 Å². The van der Waals surface area contributed by atoms with Gasteiger partial charge in [-0.05, 0) is 62.6 Å². The minimum absolute atomic E-state index is 0.0857. The van der Waals surface area contributed by atoms with Crippen molar-refractivity contribution in [1.29, 1.82) is 0 Å². The Labute approximate surface area is 152 Å². The maximum atomic E-state index is 14.1. The van der Waals surface area contributed by atoms with Gasteiger partial charge in [0.1, 0.15) is 11.6 Å². The van der Waals surface area contributed by atoms with Gasteiger partial charge in [0.15, 0.2) is 0 Å². The molecule has 0 bridgehead atoms. The van der Waals surface area contributed by atoms with E-state index in [1.54, 1.807) is 18.1 Å². The molecule has 1 aliphatic rings. The number of carbonyl (C=O) groups excluding carboxylic acids is 1. The Morgan fingerprint density at radius 3 is 2.69 bits per heavy atom. The molecule has 4 nitrogen and oxygen atoms in total. The van der Waals surface area contributed by atoms with Crippen molar-refractivity contribution in [3.63, 3.8) is 0 Å². The Kier molecular flexibility index (Phi) is 4.94. The molecule has 1 atom stereocenters. The first kappa shape index (κ1) is 18.3. The SMILES string of the molecule is Cc1ccnc(C[C@H](C)N(C)C(=O)NC2(c3cc(F)ccc3F)CC2)c1. The number of likely N-dealkylation sites (N-methyl/N-ethyl adjacent to an activating group) is 1. The first-order valence-electron chi connectivity index (χ1n) is 8.73.